The molecule has 6 rings (SSSR count). The third-order valence-electron chi connectivity index (χ3n) is 5.40. The van der Waals surface area contributed by atoms with Crippen molar-refractivity contribution in [2.45, 2.75) is 0 Å². The van der Waals surface area contributed by atoms with Crippen molar-refractivity contribution in [2.75, 3.05) is 0 Å². The van der Waals surface area contributed by atoms with E-state index in [2.05, 4.69) is 66.7 Å². The molecule has 0 bridgehead atoms. The Morgan fingerprint density at radius 3 is 1.93 bits per heavy atom. The van der Waals surface area contributed by atoms with Crippen molar-refractivity contribution in [2.24, 2.45) is 0 Å². The Kier molecular flexibility index (Phi) is 3.88. The molecule has 0 aliphatic carbocycles. The number of hydrogen-bond donors (Lipinski definition) is 1. The summed E-state index contributed by atoms with van der Waals surface area (Å²) in [7, 11) is -0.318. The lowest BCUT2D eigenvalue weighted by Gasteiger charge is -2.05. The Hall–Kier alpha value is -2.86. The molecule has 6 aromatic rings. The van der Waals surface area contributed by atoms with Gasteiger partial charge in [0.1, 0.15) is 5.75 Å². The summed E-state index contributed by atoms with van der Waals surface area (Å²) in [4.78, 5) is 0. The van der Waals surface area contributed by atoms with Crippen LogP contribution >= 0.6 is 22.7 Å². The van der Waals surface area contributed by atoms with Gasteiger partial charge in [-0.2, -0.15) is 0 Å². The molecule has 0 aliphatic rings. The van der Waals surface area contributed by atoms with Gasteiger partial charge in [0.05, 0.1) is 4.70 Å². The molecule has 5 heteroatoms. The van der Waals surface area contributed by atoms with Gasteiger partial charge < -0.3 is 9.68 Å². The van der Waals surface area contributed by atoms with E-state index < -0.39 is 0 Å². The van der Waals surface area contributed by atoms with Gasteiger partial charge in [-0.25, -0.2) is 0 Å². The highest BCUT2D eigenvalue weighted by Crippen LogP contribution is 2.46. The molecule has 2 nitrogen and oxygen atoms in total. The molecule has 0 spiro atoms. The highest BCUT2D eigenvalue weighted by molar-refractivity contribution is 7.27. The van der Waals surface area contributed by atoms with E-state index in [1.54, 1.807) is 11.3 Å². The first kappa shape index (κ1) is 17.0. The van der Waals surface area contributed by atoms with Crippen LogP contribution in [0.3, 0.4) is 0 Å². The summed E-state index contributed by atoms with van der Waals surface area (Å²) < 4.78 is 10.4. The highest BCUT2D eigenvalue weighted by atomic mass is 32.1. The maximum absolute atomic E-state index is 9.26. The standard InChI is InChI=1S/C24H15BO2S2/c26-25-27-20-12-5-11-19-18-10-4-9-17(23(18)29-24(19)20)16-8-3-7-15-14-6-1-2-13-21(14)28-22(15)16/h1-13,25-26H. The van der Waals surface area contributed by atoms with Crippen LogP contribution in [0.15, 0.2) is 78.9 Å². The Balaban J connectivity index is 1.70. The largest absolute Gasteiger partial charge is 0.538 e. The van der Waals surface area contributed by atoms with Gasteiger partial charge in [0.2, 0.25) is 0 Å². The summed E-state index contributed by atoms with van der Waals surface area (Å²) in [5.41, 5.74) is 2.52. The Morgan fingerprint density at radius 2 is 1.17 bits per heavy atom. The molecular weight excluding hydrogens is 395 g/mol. The number of fused-ring (bicyclic) bond motifs is 6. The first-order valence-electron chi connectivity index (χ1n) is 9.43. The monoisotopic (exact) mass is 410 g/mol. The van der Waals surface area contributed by atoms with Crippen LogP contribution in [-0.2, 0) is 0 Å². The lowest BCUT2D eigenvalue weighted by molar-refractivity contribution is 0.457. The molecular formula is C24H15BO2S2. The molecule has 0 radical (unpaired) electrons. The van der Waals surface area contributed by atoms with Crippen molar-refractivity contribution in [3.8, 4) is 16.9 Å². The second-order valence-electron chi connectivity index (χ2n) is 6.97. The molecule has 0 aliphatic heterocycles. The van der Waals surface area contributed by atoms with Gasteiger partial charge in [0.15, 0.2) is 0 Å². The van der Waals surface area contributed by atoms with E-state index in [0.717, 1.165) is 10.4 Å². The first-order valence-corrected chi connectivity index (χ1v) is 11.1. The SMILES string of the molecule is OBOc1cccc2c1sc1c(-c3cccc4c3sc3ccccc34)cccc12. The Morgan fingerprint density at radius 1 is 0.586 bits per heavy atom. The molecule has 1 N–H and O–H groups in total. The lowest BCUT2D eigenvalue weighted by Crippen LogP contribution is -1.99. The molecule has 0 saturated carbocycles. The average molecular weight is 410 g/mol. The molecule has 0 amide bonds. The quantitative estimate of drug-likeness (QED) is 0.328. The summed E-state index contributed by atoms with van der Waals surface area (Å²) in [6.45, 7) is 0. The van der Waals surface area contributed by atoms with E-state index in [0.29, 0.717) is 0 Å². The van der Waals surface area contributed by atoms with Crippen LogP contribution in [0.2, 0.25) is 0 Å². The van der Waals surface area contributed by atoms with Crippen molar-refractivity contribution < 1.29 is 9.68 Å². The third kappa shape index (κ3) is 2.52. The summed E-state index contributed by atoms with van der Waals surface area (Å²) in [6, 6.07) is 27.8. The number of rotatable bonds is 3. The van der Waals surface area contributed by atoms with Crippen LogP contribution in [0.5, 0.6) is 5.75 Å². The van der Waals surface area contributed by atoms with Crippen molar-refractivity contribution >= 4 is 70.7 Å². The second-order valence-corrected chi connectivity index (χ2v) is 9.04. The summed E-state index contributed by atoms with van der Waals surface area (Å²) in [5, 5.41) is 14.3. The number of hydrogen-bond acceptors (Lipinski definition) is 4. The normalized spacial score (nSPS) is 11.6. The Labute approximate surface area is 175 Å². The van der Waals surface area contributed by atoms with Gasteiger partial charge >= 0.3 is 7.69 Å². The third-order valence-corrected chi connectivity index (χ3v) is 7.89. The lowest BCUT2D eigenvalue weighted by atomic mass is 10.0. The fraction of sp³-hybridized carbons (Fsp3) is 0. The predicted molar refractivity (Wildman–Crippen MR) is 128 cm³/mol. The van der Waals surface area contributed by atoms with Gasteiger partial charge in [0, 0.05) is 46.8 Å². The van der Waals surface area contributed by atoms with Crippen molar-refractivity contribution in [1.29, 1.82) is 0 Å². The van der Waals surface area contributed by atoms with E-state index in [1.807, 2.05) is 23.5 Å². The van der Waals surface area contributed by atoms with Crippen LogP contribution in [0.4, 0.5) is 0 Å². The van der Waals surface area contributed by atoms with E-state index in [4.69, 9.17) is 4.65 Å². The van der Waals surface area contributed by atoms with Crippen LogP contribution in [0.25, 0.3) is 51.5 Å². The molecule has 0 unspecified atom stereocenters. The summed E-state index contributed by atoms with van der Waals surface area (Å²) in [6.07, 6.45) is 0. The van der Waals surface area contributed by atoms with Crippen LogP contribution in [0.1, 0.15) is 0 Å². The first-order chi connectivity index (χ1) is 14.3. The zero-order valence-corrected chi connectivity index (χ0v) is 17.0. The molecule has 2 aromatic heterocycles. The van der Waals surface area contributed by atoms with Crippen LogP contribution < -0.4 is 4.65 Å². The minimum Gasteiger partial charge on any atom is -0.538 e. The van der Waals surface area contributed by atoms with Gasteiger partial charge in [-0.05, 0) is 12.1 Å². The topological polar surface area (TPSA) is 29.5 Å². The zero-order chi connectivity index (χ0) is 19.4. The van der Waals surface area contributed by atoms with E-state index in [-0.39, 0.29) is 7.69 Å². The molecule has 0 saturated heterocycles. The number of thiophene rings is 2. The van der Waals surface area contributed by atoms with Crippen LogP contribution in [0, 0.1) is 0 Å². The van der Waals surface area contributed by atoms with Crippen molar-refractivity contribution in [3.05, 3.63) is 78.9 Å². The van der Waals surface area contributed by atoms with Gasteiger partial charge in [0.25, 0.3) is 0 Å². The fourth-order valence-electron chi connectivity index (χ4n) is 4.15. The fourth-order valence-corrected chi connectivity index (χ4v) is 6.67. The summed E-state index contributed by atoms with van der Waals surface area (Å²) >= 11 is 3.59. The molecule has 4 aromatic carbocycles. The molecule has 0 atom stereocenters. The Bertz CT molecular complexity index is 1530. The molecule has 2 heterocycles. The second kappa shape index (κ2) is 6.60. The predicted octanol–water partition coefficient (Wildman–Crippen LogP) is 6.73. The maximum Gasteiger partial charge on any atom is 0.504 e. The summed E-state index contributed by atoms with van der Waals surface area (Å²) in [5.74, 6) is 0.734. The zero-order valence-electron chi connectivity index (χ0n) is 15.4. The van der Waals surface area contributed by atoms with Crippen molar-refractivity contribution in [3.63, 3.8) is 0 Å². The van der Waals surface area contributed by atoms with E-state index in [9.17, 15) is 5.02 Å². The van der Waals surface area contributed by atoms with Gasteiger partial charge in [-0.1, -0.05) is 66.7 Å². The van der Waals surface area contributed by atoms with Crippen molar-refractivity contribution in [1.82, 2.24) is 0 Å². The minimum atomic E-state index is -0.318. The molecule has 29 heavy (non-hydrogen) atoms. The van der Waals surface area contributed by atoms with Gasteiger partial charge in [-0.3, -0.25) is 0 Å². The number of benzene rings is 4. The molecule has 0 fully saturated rings. The average Bonchev–Trinajstić information content (AvgIpc) is 3.33. The molecule has 138 valence electrons. The minimum absolute atomic E-state index is 0.318. The smallest absolute Gasteiger partial charge is 0.504 e. The van der Waals surface area contributed by atoms with E-state index >= 15 is 0 Å². The van der Waals surface area contributed by atoms with E-state index in [1.165, 1.54) is 46.8 Å². The van der Waals surface area contributed by atoms with Gasteiger partial charge in [-0.15, -0.1) is 22.7 Å². The van der Waals surface area contributed by atoms with Crippen LogP contribution in [-0.4, -0.2) is 12.7 Å². The highest BCUT2D eigenvalue weighted by Gasteiger charge is 2.16. The maximum atomic E-state index is 9.26.